The van der Waals surface area contributed by atoms with Crippen LogP contribution in [0.3, 0.4) is 0 Å². The van der Waals surface area contributed by atoms with Crippen LogP contribution < -0.4 is 62.0 Å². The second-order valence-electron chi connectivity index (χ2n) is 6.53. The largest absolute Gasteiger partial charge is 1.00 e. The van der Waals surface area contributed by atoms with E-state index in [0.717, 1.165) is 11.3 Å². The first-order valence-electron chi connectivity index (χ1n) is 8.78. The molecular weight excluding hydrogens is 396 g/mol. The Balaban J connectivity index is 0.00000300. The van der Waals surface area contributed by atoms with E-state index >= 15 is 0 Å². The Morgan fingerprint density at radius 3 is 2.86 bits per heavy atom. The van der Waals surface area contributed by atoms with Crippen molar-refractivity contribution in [3.63, 3.8) is 0 Å². The molecule has 0 saturated carbocycles. The van der Waals surface area contributed by atoms with Crippen molar-refractivity contribution >= 4 is 23.5 Å². The predicted octanol–water partition coefficient (Wildman–Crippen LogP) is 0.0399. The first-order valence-corrected chi connectivity index (χ1v) is 8.78. The number of carbonyl (C=O) groups is 1. The van der Waals surface area contributed by atoms with Gasteiger partial charge in [0.2, 0.25) is 5.95 Å². The van der Waals surface area contributed by atoms with Crippen LogP contribution in [0.1, 0.15) is 34.5 Å². The third-order valence-corrected chi connectivity index (χ3v) is 4.17. The van der Waals surface area contributed by atoms with Crippen molar-refractivity contribution in [2.24, 2.45) is 4.99 Å². The van der Waals surface area contributed by atoms with Gasteiger partial charge >= 0.3 is 51.4 Å². The number of aliphatic imine (C=N–C) groups is 1. The Kier molecular flexibility index (Phi) is 8.72. The number of hydrogen-bond donors (Lipinski definition) is 2. The quantitative estimate of drug-likeness (QED) is 0.229. The van der Waals surface area contributed by atoms with E-state index in [1.807, 2.05) is 49.5 Å². The molecule has 0 aliphatic carbocycles. The van der Waals surface area contributed by atoms with E-state index in [1.54, 1.807) is 19.2 Å². The van der Waals surface area contributed by atoms with Gasteiger partial charge in [-0.05, 0) is 37.6 Å². The molecule has 3 rings (SSSR count). The molecule has 1 aromatic carbocycles. The smallest absolute Gasteiger partial charge is 0.560 e. The number of nitrogens with one attached hydrogen (secondary N) is 2. The minimum absolute atomic E-state index is 0. The Morgan fingerprint density at radius 1 is 1.41 bits per heavy atom. The van der Waals surface area contributed by atoms with Gasteiger partial charge in [0.1, 0.15) is 7.05 Å². The molecule has 0 bridgehead atoms. The zero-order valence-corrected chi connectivity index (χ0v) is 20.0. The van der Waals surface area contributed by atoms with Gasteiger partial charge in [-0.1, -0.05) is 12.1 Å². The summed E-state index contributed by atoms with van der Waals surface area (Å²) in [5.74, 6) is -0.915. The van der Waals surface area contributed by atoms with Crippen molar-refractivity contribution < 1.29 is 65.1 Å². The van der Waals surface area contributed by atoms with Crippen molar-refractivity contribution in [2.75, 3.05) is 12.4 Å². The molecule has 0 spiro atoms. The van der Waals surface area contributed by atoms with E-state index in [-0.39, 0.29) is 63.3 Å². The molecule has 144 valence electrons. The summed E-state index contributed by atoms with van der Waals surface area (Å²) in [7, 11) is 1.94. The predicted molar refractivity (Wildman–Crippen MR) is 107 cm³/mol. The van der Waals surface area contributed by atoms with Crippen LogP contribution in [0.5, 0.6) is 0 Å². The molecule has 1 amide bonds. The fraction of sp³-hybridized carbons (Fsp3) is 0.190. The number of aromatic nitrogens is 1. The Bertz CT molecular complexity index is 987. The van der Waals surface area contributed by atoms with E-state index in [1.165, 1.54) is 12.3 Å². The summed E-state index contributed by atoms with van der Waals surface area (Å²) in [6.45, 7) is 5.46. The van der Waals surface area contributed by atoms with Gasteiger partial charge in [-0.2, -0.15) is 4.39 Å². The number of halogens is 1. The third kappa shape index (κ3) is 6.58. The average Bonchev–Trinajstić information content (AvgIpc) is 2.65. The number of rotatable bonds is 6. The van der Waals surface area contributed by atoms with E-state index in [9.17, 15) is 9.18 Å². The van der Waals surface area contributed by atoms with Crippen LogP contribution in [0.15, 0.2) is 47.7 Å². The zero-order chi connectivity index (χ0) is 20.1. The number of anilines is 1. The van der Waals surface area contributed by atoms with Gasteiger partial charge in [-0.25, -0.2) is 4.98 Å². The van der Waals surface area contributed by atoms with Crippen LogP contribution in [0.25, 0.3) is 0 Å². The molecular formula is C21H21FKN5O. The fourth-order valence-corrected chi connectivity index (χ4v) is 2.60. The molecule has 1 aromatic heterocycles. The van der Waals surface area contributed by atoms with Crippen LogP contribution in [-0.2, 0) is 0 Å². The third-order valence-electron chi connectivity index (χ3n) is 4.17. The van der Waals surface area contributed by atoms with Gasteiger partial charge in [0, 0.05) is 23.5 Å². The molecule has 1 aliphatic rings. The molecule has 1 unspecified atom stereocenters. The van der Waals surface area contributed by atoms with Gasteiger partial charge in [-0.3, -0.25) is 4.79 Å². The number of amides is 1. The summed E-state index contributed by atoms with van der Waals surface area (Å²) in [5, 5.41) is 5.93. The number of aryl methyl sites for hydroxylation is 1. The minimum Gasteiger partial charge on any atom is -0.560 e. The molecule has 2 N–H and O–H groups in total. The SMILES string of the molecule is Cc1cc(C(=O)Nc2cccc(C(C)N[C-]=CN=C3C=[N+](C)[CH-]3)c2)cnc1F.[K+]. The Hall–Kier alpha value is -1.84. The molecule has 1 atom stereocenters. The molecule has 0 saturated heterocycles. The van der Waals surface area contributed by atoms with E-state index in [0.29, 0.717) is 16.8 Å². The summed E-state index contributed by atoms with van der Waals surface area (Å²) in [5.41, 5.74) is 3.14. The van der Waals surface area contributed by atoms with E-state index < -0.39 is 5.95 Å². The van der Waals surface area contributed by atoms with Gasteiger partial charge < -0.3 is 26.4 Å². The molecule has 0 radical (unpaired) electrons. The molecule has 1 aliphatic heterocycles. The number of pyridine rings is 1. The van der Waals surface area contributed by atoms with Crippen LogP contribution in [-0.4, -0.2) is 34.4 Å². The maximum atomic E-state index is 13.3. The van der Waals surface area contributed by atoms with Crippen molar-refractivity contribution in [3.05, 3.63) is 78.1 Å². The summed E-state index contributed by atoms with van der Waals surface area (Å²) >= 11 is 0. The zero-order valence-electron chi connectivity index (χ0n) is 16.9. The second-order valence-corrected chi connectivity index (χ2v) is 6.53. The van der Waals surface area contributed by atoms with Crippen molar-refractivity contribution in [1.82, 2.24) is 10.3 Å². The second kappa shape index (κ2) is 10.8. The Morgan fingerprint density at radius 2 is 2.17 bits per heavy atom. The molecule has 29 heavy (non-hydrogen) atoms. The molecule has 0 fully saturated rings. The number of hydrogen-bond acceptors (Lipinski definition) is 4. The minimum atomic E-state index is -0.576. The van der Waals surface area contributed by atoms with Crippen LogP contribution >= 0.6 is 0 Å². The fourth-order valence-electron chi connectivity index (χ4n) is 2.60. The topological polar surface area (TPSA) is 69.4 Å². The molecule has 6 nitrogen and oxygen atoms in total. The normalized spacial score (nSPS) is 15.0. The van der Waals surface area contributed by atoms with Gasteiger partial charge in [0.15, 0.2) is 0 Å². The number of carbonyl (C=O) groups excluding carboxylic acids is 1. The first-order chi connectivity index (χ1) is 13.4. The molecule has 2 aromatic rings. The average molecular weight is 418 g/mol. The van der Waals surface area contributed by atoms with Crippen LogP contribution in [0, 0.1) is 25.6 Å². The molecule has 8 heteroatoms. The monoisotopic (exact) mass is 417 g/mol. The van der Waals surface area contributed by atoms with Crippen molar-refractivity contribution in [2.45, 2.75) is 19.9 Å². The number of benzene rings is 1. The van der Waals surface area contributed by atoms with Crippen LogP contribution in [0.4, 0.5) is 10.1 Å². The van der Waals surface area contributed by atoms with E-state index in [2.05, 4.69) is 26.8 Å². The maximum Gasteiger partial charge on any atom is 1.00 e. The summed E-state index contributed by atoms with van der Waals surface area (Å²) in [6.07, 6.45) is 7.66. The summed E-state index contributed by atoms with van der Waals surface area (Å²) in [4.78, 5) is 20.2. The van der Waals surface area contributed by atoms with Crippen molar-refractivity contribution in [1.29, 1.82) is 0 Å². The summed E-state index contributed by atoms with van der Waals surface area (Å²) in [6, 6.07) is 8.92. The first kappa shape index (κ1) is 23.4. The molecule has 2 heterocycles. The van der Waals surface area contributed by atoms with E-state index in [4.69, 9.17) is 0 Å². The maximum absolute atomic E-state index is 13.3. The van der Waals surface area contributed by atoms with Gasteiger partial charge in [-0.15, -0.1) is 6.20 Å². The standard InChI is InChI=1S/C21H21FN5O.K/c1-14-9-17(11-25-20(14)22)21(28)26-18-6-4-5-16(10-18)15(2)23-7-8-24-19-12-27(3)13-19;/h4-6,8-13,15,23H,1-3H3,(H,26,28);/q-1;+1. The van der Waals surface area contributed by atoms with Gasteiger partial charge in [0.25, 0.3) is 5.91 Å². The Labute approximate surface area is 212 Å². The van der Waals surface area contributed by atoms with Crippen LogP contribution in [0.2, 0.25) is 0 Å². The summed E-state index contributed by atoms with van der Waals surface area (Å²) < 4.78 is 15.2. The van der Waals surface area contributed by atoms with Crippen molar-refractivity contribution in [3.8, 4) is 0 Å². The number of nitrogens with zero attached hydrogens (tertiary/aromatic N) is 3. The van der Waals surface area contributed by atoms with Gasteiger partial charge in [0.05, 0.1) is 24.0 Å².